The third-order valence-electron chi connectivity index (χ3n) is 4.79. The summed E-state index contributed by atoms with van der Waals surface area (Å²) < 4.78 is 0. The molecule has 0 atom stereocenters. The van der Waals surface area contributed by atoms with Crippen LogP contribution in [0.2, 0.25) is 0 Å². The molecule has 2 fully saturated rings. The van der Waals surface area contributed by atoms with E-state index in [1.165, 1.54) is 45.3 Å². The molecule has 116 valence electrons. The highest BCUT2D eigenvalue weighted by Crippen LogP contribution is 2.24. The van der Waals surface area contributed by atoms with E-state index in [-0.39, 0.29) is 5.91 Å². The summed E-state index contributed by atoms with van der Waals surface area (Å²) in [5.74, 6) is 6.02. The van der Waals surface area contributed by atoms with Crippen molar-refractivity contribution >= 4 is 5.91 Å². The van der Waals surface area contributed by atoms with Crippen LogP contribution in [-0.4, -0.2) is 55.0 Å². The topological polar surface area (TPSA) is 61.6 Å². The van der Waals surface area contributed by atoms with Crippen LogP contribution < -0.4 is 11.3 Å². The zero-order valence-corrected chi connectivity index (χ0v) is 13.0. The van der Waals surface area contributed by atoms with Gasteiger partial charge in [-0.1, -0.05) is 0 Å². The fraction of sp³-hybridized carbons (Fsp3) is 0.933. The van der Waals surface area contributed by atoms with Crippen LogP contribution in [0.3, 0.4) is 0 Å². The molecule has 5 heteroatoms. The van der Waals surface area contributed by atoms with Gasteiger partial charge in [0.05, 0.1) is 5.41 Å². The molecule has 3 N–H and O–H groups in total. The molecule has 0 radical (unpaired) electrons. The highest BCUT2D eigenvalue weighted by molar-refractivity contribution is 5.81. The minimum absolute atomic E-state index is 0.0725. The predicted molar refractivity (Wildman–Crippen MR) is 80.9 cm³/mol. The van der Waals surface area contributed by atoms with Gasteiger partial charge in [0, 0.05) is 13.1 Å². The smallest absolute Gasteiger partial charge is 0.240 e. The summed E-state index contributed by atoms with van der Waals surface area (Å²) in [5, 5.41) is 0. The second-order valence-corrected chi connectivity index (χ2v) is 7.08. The third-order valence-corrected chi connectivity index (χ3v) is 4.79. The Bertz CT molecular complexity index is 318. The number of rotatable bonds is 5. The van der Waals surface area contributed by atoms with Crippen molar-refractivity contribution in [1.29, 1.82) is 0 Å². The average Bonchev–Trinajstić information content (AvgIpc) is 2.92. The van der Waals surface area contributed by atoms with Crippen molar-refractivity contribution in [2.24, 2.45) is 17.2 Å². The monoisotopic (exact) mass is 282 g/mol. The number of hydrazine groups is 1. The molecule has 0 spiro atoms. The number of piperidine rings is 1. The lowest BCUT2D eigenvalue weighted by Gasteiger charge is -2.37. The first-order valence-electron chi connectivity index (χ1n) is 7.97. The van der Waals surface area contributed by atoms with E-state index in [1.807, 2.05) is 13.8 Å². The van der Waals surface area contributed by atoms with Crippen LogP contribution in [0.1, 0.15) is 39.5 Å². The van der Waals surface area contributed by atoms with Gasteiger partial charge in [-0.3, -0.25) is 10.2 Å². The van der Waals surface area contributed by atoms with Gasteiger partial charge >= 0.3 is 0 Å². The summed E-state index contributed by atoms with van der Waals surface area (Å²) in [5.41, 5.74) is 1.87. The van der Waals surface area contributed by atoms with Gasteiger partial charge in [0.2, 0.25) is 5.91 Å². The van der Waals surface area contributed by atoms with E-state index in [0.717, 1.165) is 25.6 Å². The molecule has 0 aromatic carbocycles. The number of nitrogens with one attached hydrogen (secondary N) is 1. The van der Waals surface area contributed by atoms with Crippen molar-refractivity contribution in [3.05, 3.63) is 0 Å². The molecule has 0 unspecified atom stereocenters. The largest absolute Gasteiger partial charge is 0.303 e. The van der Waals surface area contributed by atoms with E-state index >= 15 is 0 Å². The minimum Gasteiger partial charge on any atom is -0.303 e. The van der Waals surface area contributed by atoms with Gasteiger partial charge in [-0.05, 0) is 71.6 Å². The standard InChI is InChI=1S/C15H30N4O/c1-15(2,14(20)17-16)12-19-9-5-13(6-10-19)11-18-7-3-4-8-18/h13H,3-12,16H2,1-2H3,(H,17,20). The Balaban J connectivity index is 1.72. The lowest BCUT2D eigenvalue weighted by molar-refractivity contribution is -0.130. The van der Waals surface area contributed by atoms with Crippen molar-refractivity contribution in [2.75, 3.05) is 39.3 Å². The maximum atomic E-state index is 11.7. The molecular formula is C15H30N4O. The van der Waals surface area contributed by atoms with Crippen LogP contribution in [0, 0.1) is 11.3 Å². The zero-order valence-electron chi connectivity index (χ0n) is 13.0. The van der Waals surface area contributed by atoms with Gasteiger partial charge in [0.1, 0.15) is 0 Å². The summed E-state index contributed by atoms with van der Waals surface area (Å²) in [6, 6.07) is 0. The molecule has 2 aliphatic heterocycles. The molecular weight excluding hydrogens is 252 g/mol. The number of likely N-dealkylation sites (tertiary alicyclic amines) is 2. The van der Waals surface area contributed by atoms with E-state index in [1.54, 1.807) is 0 Å². The van der Waals surface area contributed by atoms with Gasteiger partial charge in [0.25, 0.3) is 0 Å². The summed E-state index contributed by atoms with van der Waals surface area (Å²) in [6.45, 7) is 10.8. The lowest BCUT2D eigenvalue weighted by atomic mass is 9.89. The molecule has 1 amide bonds. The van der Waals surface area contributed by atoms with Crippen molar-refractivity contribution in [3.63, 3.8) is 0 Å². The minimum atomic E-state index is -0.406. The van der Waals surface area contributed by atoms with Crippen molar-refractivity contribution < 1.29 is 4.79 Å². The Morgan fingerprint density at radius 3 is 2.30 bits per heavy atom. The summed E-state index contributed by atoms with van der Waals surface area (Å²) >= 11 is 0. The van der Waals surface area contributed by atoms with E-state index in [9.17, 15) is 4.79 Å². The van der Waals surface area contributed by atoms with Crippen molar-refractivity contribution in [3.8, 4) is 0 Å². The fourth-order valence-corrected chi connectivity index (χ4v) is 3.48. The van der Waals surface area contributed by atoms with Crippen LogP contribution >= 0.6 is 0 Å². The van der Waals surface area contributed by atoms with E-state index in [0.29, 0.717) is 0 Å². The molecule has 20 heavy (non-hydrogen) atoms. The predicted octanol–water partition coefficient (Wildman–Crippen LogP) is 0.810. The first kappa shape index (κ1) is 15.7. The Labute approximate surface area is 122 Å². The number of hydrogen-bond acceptors (Lipinski definition) is 4. The van der Waals surface area contributed by atoms with E-state index in [4.69, 9.17) is 5.84 Å². The highest BCUT2D eigenvalue weighted by atomic mass is 16.2. The number of carbonyl (C=O) groups excluding carboxylic acids is 1. The summed E-state index contributed by atoms with van der Waals surface area (Å²) in [6.07, 6.45) is 5.27. The van der Waals surface area contributed by atoms with Gasteiger partial charge in [0.15, 0.2) is 0 Å². The molecule has 5 nitrogen and oxygen atoms in total. The molecule has 0 aromatic rings. The van der Waals surface area contributed by atoms with Crippen LogP contribution in [0.15, 0.2) is 0 Å². The average molecular weight is 282 g/mol. The quantitative estimate of drug-likeness (QED) is 0.445. The summed E-state index contributed by atoms with van der Waals surface area (Å²) in [7, 11) is 0. The van der Waals surface area contributed by atoms with E-state index in [2.05, 4.69) is 15.2 Å². The molecule has 2 heterocycles. The number of hydrogen-bond donors (Lipinski definition) is 2. The van der Waals surface area contributed by atoms with Crippen LogP contribution in [0.25, 0.3) is 0 Å². The molecule has 0 aromatic heterocycles. The molecule has 0 bridgehead atoms. The Kier molecular flexibility index (Phi) is 5.41. The highest BCUT2D eigenvalue weighted by Gasteiger charge is 2.31. The number of nitrogens with two attached hydrogens (primary N) is 1. The number of nitrogens with zero attached hydrogens (tertiary/aromatic N) is 2. The van der Waals surface area contributed by atoms with Crippen molar-refractivity contribution in [1.82, 2.24) is 15.2 Å². The molecule has 2 aliphatic rings. The lowest BCUT2D eigenvalue weighted by Crippen LogP contribution is -2.49. The van der Waals surface area contributed by atoms with Crippen LogP contribution in [0.4, 0.5) is 0 Å². The molecule has 0 aliphatic carbocycles. The third kappa shape index (κ3) is 4.17. The summed E-state index contributed by atoms with van der Waals surface area (Å²) in [4.78, 5) is 16.8. The van der Waals surface area contributed by atoms with Crippen molar-refractivity contribution in [2.45, 2.75) is 39.5 Å². The van der Waals surface area contributed by atoms with Gasteiger partial charge in [-0.25, -0.2) is 5.84 Å². The second kappa shape index (κ2) is 6.87. The van der Waals surface area contributed by atoms with Gasteiger partial charge in [-0.2, -0.15) is 0 Å². The fourth-order valence-electron chi connectivity index (χ4n) is 3.48. The molecule has 2 saturated heterocycles. The van der Waals surface area contributed by atoms with Crippen LogP contribution in [0.5, 0.6) is 0 Å². The normalized spacial score (nSPS) is 23.1. The number of amides is 1. The maximum absolute atomic E-state index is 11.7. The van der Waals surface area contributed by atoms with Gasteiger partial charge in [-0.15, -0.1) is 0 Å². The Morgan fingerprint density at radius 1 is 1.15 bits per heavy atom. The van der Waals surface area contributed by atoms with E-state index < -0.39 is 5.41 Å². The Hall–Kier alpha value is -0.650. The second-order valence-electron chi connectivity index (χ2n) is 7.08. The van der Waals surface area contributed by atoms with Crippen LogP contribution in [-0.2, 0) is 4.79 Å². The first-order valence-corrected chi connectivity index (χ1v) is 7.97. The number of carbonyl (C=O) groups is 1. The Morgan fingerprint density at radius 2 is 1.75 bits per heavy atom. The maximum Gasteiger partial charge on any atom is 0.240 e. The zero-order chi connectivity index (χ0) is 14.6. The first-order chi connectivity index (χ1) is 9.51. The SMILES string of the molecule is CC(C)(CN1CCC(CN2CCCC2)CC1)C(=O)NN. The molecule has 0 saturated carbocycles. The van der Waals surface area contributed by atoms with Gasteiger partial charge < -0.3 is 9.80 Å². The molecule has 2 rings (SSSR count).